The first-order chi connectivity index (χ1) is 7.71. The molecule has 0 bridgehead atoms. The fraction of sp³-hybridized carbons (Fsp3) is 0.455. The van der Waals surface area contributed by atoms with Crippen LogP contribution in [0.25, 0.3) is 0 Å². The molecule has 0 aliphatic carbocycles. The summed E-state index contributed by atoms with van der Waals surface area (Å²) in [5.41, 5.74) is 1.32. The molecule has 0 aromatic carbocycles. The van der Waals surface area contributed by atoms with Crippen molar-refractivity contribution in [1.82, 2.24) is 4.98 Å². The molecule has 0 spiro atoms. The number of rotatable bonds is 2. The minimum Gasteiger partial charge on any atom is -0.243 e. The van der Waals surface area contributed by atoms with Crippen molar-refractivity contribution in [2.45, 2.75) is 32.4 Å². The van der Waals surface area contributed by atoms with Crippen LogP contribution in [-0.4, -0.2) is 19.7 Å². The third-order valence-corrected chi connectivity index (χ3v) is 4.16. The van der Waals surface area contributed by atoms with Gasteiger partial charge < -0.3 is 0 Å². The van der Waals surface area contributed by atoms with E-state index in [0.717, 1.165) is 4.47 Å². The quantitative estimate of drug-likeness (QED) is 0.609. The van der Waals surface area contributed by atoms with Crippen LogP contribution in [0.15, 0.2) is 21.1 Å². The minimum absolute atomic E-state index is 0.361. The summed E-state index contributed by atoms with van der Waals surface area (Å²) in [5.74, 6) is 0. The molecule has 1 aromatic rings. The van der Waals surface area contributed by atoms with Gasteiger partial charge in [-0.25, -0.2) is 9.19 Å². The van der Waals surface area contributed by atoms with Gasteiger partial charge in [0.15, 0.2) is 0 Å². The fourth-order valence-electron chi connectivity index (χ4n) is 0.987. The number of nitrogens with zero attached hydrogens (tertiary/aromatic N) is 2. The molecule has 1 aromatic heterocycles. The van der Waals surface area contributed by atoms with E-state index >= 15 is 0 Å². The molecule has 0 radical (unpaired) electrons. The van der Waals surface area contributed by atoms with Gasteiger partial charge >= 0.3 is 0 Å². The zero-order chi connectivity index (χ0) is 13.2. The van der Waals surface area contributed by atoms with E-state index in [1.165, 1.54) is 0 Å². The summed E-state index contributed by atoms with van der Waals surface area (Å²) in [4.78, 5) is 4.01. The van der Waals surface area contributed by atoms with Gasteiger partial charge in [-0.05, 0) is 49.7 Å². The van der Waals surface area contributed by atoms with E-state index in [-0.39, 0.29) is 4.75 Å². The molecule has 1 heterocycles. The molecule has 1 atom stereocenters. The van der Waals surface area contributed by atoms with Gasteiger partial charge in [0.25, 0.3) is 0 Å². The Bertz CT molecular complexity index is 483. The Morgan fingerprint density at radius 1 is 1.53 bits per heavy atom. The maximum absolute atomic E-state index is 11.9. The van der Waals surface area contributed by atoms with Crippen molar-refractivity contribution < 1.29 is 4.21 Å². The summed E-state index contributed by atoms with van der Waals surface area (Å²) >= 11 is 9.30. The highest BCUT2D eigenvalue weighted by atomic mass is 79.9. The molecule has 1 unspecified atom stereocenters. The molecule has 0 aliphatic rings. The third-order valence-electron chi connectivity index (χ3n) is 1.94. The second-order valence-corrected chi connectivity index (χ2v) is 7.71. The number of hydrogen-bond acceptors (Lipinski definition) is 2. The van der Waals surface area contributed by atoms with E-state index in [4.69, 9.17) is 11.6 Å². The Hall–Kier alpha value is -0.260. The molecule has 0 aliphatic heterocycles. The van der Waals surface area contributed by atoms with Gasteiger partial charge in [0.2, 0.25) is 0 Å². The van der Waals surface area contributed by atoms with Crippen LogP contribution in [0.3, 0.4) is 0 Å². The molecule has 1 rings (SSSR count). The SMILES string of the molecule is CC(=NS(=O)C(C)(C)C)c1cc(Br)cnc1Cl. The van der Waals surface area contributed by atoms with Gasteiger partial charge in [-0.1, -0.05) is 11.6 Å². The topological polar surface area (TPSA) is 42.3 Å². The van der Waals surface area contributed by atoms with Crippen LogP contribution in [0.1, 0.15) is 33.3 Å². The molecule has 94 valence electrons. The molecule has 0 N–H and O–H groups in total. The predicted molar refractivity (Wildman–Crippen MR) is 77.1 cm³/mol. The lowest BCUT2D eigenvalue weighted by atomic mass is 10.2. The molecular weight excluding hydrogens is 324 g/mol. The molecule has 0 amide bonds. The molecular formula is C11H14BrClN2OS. The van der Waals surface area contributed by atoms with E-state index in [2.05, 4.69) is 25.3 Å². The second-order valence-electron chi connectivity index (χ2n) is 4.53. The Balaban J connectivity index is 3.12. The summed E-state index contributed by atoms with van der Waals surface area (Å²) in [6, 6.07) is 1.81. The average Bonchev–Trinajstić information content (AvgIpc) is 2.20. The lowest BCUT2D eigenvalue weighted by molar-refractivity contribution is 0.650. The summed E-state index contributed by atoms with van der Waals surface area (Å²) in [6.07, 6.45) is 1.61. The Labute approximate surface area is 117 Å². The average molecular weight is 338 g/mol. The van der Waals surface area contributed by atoms with Crippen molar-refractivity contribution in [3.8, 4) is 0 Å². The van der Waals surface area contributed by atoms with Crippen molar-refractivity contribution in [3.05, 3.63) is 27.5 Å². The van der Waals surface area contributed by atoms with Crippen molar-refractivity contribution >= 4 is 44.2 Å². The molecule has 17 heavy (non-hydrogen) atoms. The Morgan fingerprint density at radius 3 is 2.65 bits per heavy atom. The molecule has 0 saturated carbocycles. The first-order valence-electron chi connectivity index (χ1n) is 5.00. The van der Waals surface area contributed by atoms with E-state index in [1.807, 2.05) is 26.8 Å². The summed E-state index contributed by atoms with van der Waals surface area (Å²) < 4.78 is 16.5. The van der Waals surface area contributed by atoms with Crippen LogP contribution in [0, 0.1) is 0 Å². The highest BCUT2D eigenvalue weighted by Crippen LogP contribution is 2.20. The first-order valence-corrected chi connectivity index (χ1v) is 7.28. The van der Waals surface area contributed by atoms with Crippen LogP contribution in [0.4, 0.5) is 0 Å². The number of pyridine rings is 1. The summed E-state index contributed by atoms with van der Waals surface area (Å²) in [6.45, 7) is 7.40. The van der Waals surface area contributed by atoms with Crippen molar-refractivity contribution in [1.29, 1.82) is 0 Å². The number of halogens is 2. The zero-order valence-electron chi connectivity index (χ0n) is 10.1. The van der Waals surface area contributed by atoms with Crippen LogP contribution < -0.4 is 0 Å². The monoisotopic (exact) mass is 336 g/mol. The zero-order valence-corrected chi connectivity index (χ0v) is 13.3. The second kappa shape index (κ2) is 5.59. The highest BCUT2D eigenvalue weighted by Gasteiger charge is 2.19. The fourth-order valence-corrected chi connectivity index (χ4v) is 2.18. The minimum atomic E-state index is -1.30. The maximum atomic E-state index is 11.9. The summed E-state index contributed by atoms with van der Waals surface area (Å²) in [5, 5.41) is 0.361. The van der Waals surface area contributed by atoms with E-state index < -0.39 is 11.0 Å². The lowest BCUT2D eigenvalue weighted by Crippen LogP contribution is -2.20. The number of hydrogen-bond donors (Lipinski definition) is 0. The normalized spacial score (nSPS) is 14.8. The van der Waals surface area contributed by atoms with E-state index in [0.29, 0.717) is 16.4 Å². The maximum Gasteiger partial charge on any atom is 0.145 e. The van der Waals surface area contributed by atoms with Gasteiger partial charge in [-0.3, -0.25) is 0 Å². The standard InChI is InChI=1S/C11H14BrClN2OS/c1-7(15-17(16)11(2,3)4)9-5-8(12)6-14-10(9)13/h5-6H,1-4H3. The van der Waals surface area contributed by atoms with Crippen molar-refractivity contribution in [2.24, 2.45) is 4.40 Å². The third kappa shape index (κ3) is 4.16. The van der Waals surface area contributed by atoms with E-state index in [1.54, 1.807) is 13.1 Å². The smallest absolute Gasteiger partial charge is 0.145 e. The molecule has 3 nitrogen and oxygen atoms in total. The highest BCUT2D eigenvalue weighted by molar-refractivity contribution is 9.10. The van der Waals surface area contributed by atoms with Crippen molar-refractivity contribution in [2.75, 3.05) is 0 Å². The van der Waals surface area contributed by atoms with Crippen LogP contribution in [0.5, 0.6) is 0 Å². The Kier molecular flexibility index (Phi) is 4.86. The number of aromatic nitrogens is 1. The van der Waals surface area contributed by atoms with Gasteiger partial charge in [0.05, 0.1) is 10.5 Å². The lowest BCUT2D eigenvalue weighted by Gasteiger charge is -2.14. The van der Waals surface area contributed by atoms with Gasteiger partial charge in [-0.2, -0.15) is 4.40 Å². The van der Waals surface area contributed by atoms with Crippen LogP contribution in [-0.2, 0) is 11.0 Å². The largest absolute Gasteiger partial charge is 0.243 e. The molecule has 0 fully saturated rings. The van der Waals surface area contributed by atoms with Gasteiger partial charge in [0.1, 0.15) is 16.1 Å². The molecule has 6 heteroatoms. The van der Waals surface area contributed by atoms with Crippen LogP contribution >= 0.6 is 27.5 Å². The predicted octanol–water partition coefficient (Wildman–Crippen LogP) is 3.77. The summed E-state index contributed by atoms with van der Waals surface area (Å²) in [7, 11) is -1.30. The Morgan fingerprint density at radius 2 is 2.12 bits per heavy atom. The van der Waals surface area contributed by atoms with Gasteiger partial charge in [0, 0.05) is 16.2 Å². The first kappa shape index (κ1) is 14.8. The van der Waals surface area contributed by atoms with Gasteiger partial charge in [-0.15, -0.1) is 0 Å². The van der Waals surface area contributed by atoms with Crippen LogP contribution in [0.2, 0.25) is 5.15 Å². The van der Waals surface area contributed by atoms with E-state index in [9.17, 15) is 4.21 Å². The van der Waals surface area contributed by atoms with Crippen molar-refractivity contribution in [3.63, 3.8) is 0 Å². The molecule has 0 saturated heterocycles.